The molecule has 3 rings (SSSR count). The van der Waals surface area contributed by atoms with Gasteiger partial charge in [0, 0.05) is 16.2 Å². The van der Waals surface area contributed by atoms with Crippen LogP contribution >= 0.6 is 27.7 Å². The number of benzene rings is 2. The summed E-state index contributed by atoms with van der Waals surface area (Å²) in [6.45, 7) is 0. The van der Waals surface area contributed by atoms with Crippen LogP contribution in [0.25, 0.3) is 5.69 Å². The molecule has 1 aromatic heterocycles. The molecule has 0 spiro atoms. The number of carbonyl (C=O) groups is 1. The Balaban J connectivity index is 1.68. The quantitative estimate of drug-likeness (QED) is 0.585. The molecule has 1 N–H and O–H groups in total. The molecule has 6 nitrogen and oxygen atoms in total. The van der Waals surface area contributed by atoms with Crippen molar-refractivity contribution in [2.75, 3.05) is 18.2 Å². The van der Waals surface area contributed by atoms with Gasteiger partial charge >= 0.3 is 0 Å². The average Bonchev–Trinajstić information content (AvgIpc) is 2.67. The average molecular weight is 446 g/mol. The fraction of sp³-hybridized carbons (Fsp3) is 0.105. The van der Waals surface area contributed by atoms with E-state index in [9.17, 15) is 9.59 Å². The van der Waals surface area contributed by atoms with E-state index in [4.69, 9.17) is 4.74 Å². The maximum absolute atomic E-state index is 12.1. The summed E-state index contributed by atoms with van der Waals surface area (Å²) < 4.78 is 7.31. The van der Waals surface area contributed by atoms with Crippen molar-refractivity contribution in [1.29, 1.82) is 0 Å². The number of anilines is 1. The molecule has 0 aliphatic heterocycles. The Kier molecular flexibility index (Phi) is 6.31. The summed E-state index contributed by atoms with van der Waals surface area (Å²) in [6.07, 6.45) is 0. The van der Waals surface area contributed by atoms with Crippen molar-refractivity contribution in [3.05, 3.63) is 75.5 Å². The Morgan fingerprint density at radius 2 is 1.96 bits per heavy atom. The van der Waals surface area contributed by atoms with E-state index in [0.717, 1.165) is 4.47 Å². The van der Waals surface area contributed by atoms with E-state index in [0.29, 0.717) is 22.2 Å². The third-order valence-electron chi connectivity index (χ3n) is 3.55. The van der Waals surface area contributed by atoms with Crippen molar-refractivity contribution < 1.29 is 9.53 Å². The molecule has 2 aromatic carbocycles. The van der Waals surface area contributed by atoms with Crippen LogP contribution < -0.4 is 15.6 Å². The van der Waals surface area contributed by atoms with Crippen molar-refractivity contribution in [3.8, 4) is 11.4 Å². The maximum atomic E-state index is 12.1. The lowest BCUT2D eigenvalue weighted by molar-refractivity contribution is -0.113. The number of thioether (sulfide) groups is 1. The molecule has 0 saturated carbocycles. The molecule has 1 amide bonds. The largest absolute Gasteiger partial charge is 0.497 e. The zero-order valence-corrected chi connectivity index (χ0v) is 16.8. The van der Waals surface area contributed by atoms with Gasteiger partial charge in [-0.25, -0.2) is 0 Å². The van der Waals surface area contributed by atoms with E-state index in [1.54, 1.807) is 37.4 Å². The Morgan fingerprint density at radius 3 is 2.67 bits per heavy atom. The summed E-state index contributed by atoms with van der Waals surface area (Å²) in [5.41, 5.74) is 1.09. The first-order chi connectivity index (χ1) is 13.0. The molecule has 138 valence electrons. The molecule has 0 unspecified atom stereocenters. The van der Waals surface area contributed by atoms with Gasteiger partial charge in [0.15, 0.2) is 0 Å². The zero-order chi connectivity index (χ0) is 19.2. The van der Waals surface area contributed by atoms with Crippen LogP contribution in [0.2, 0.25) is 0 Å². The van der Waals surface area contributed by atoms with Gasteiger partial charge < -0.3 is 10.1 Å². The van der Waals surface area contributed by atoms with E-state index in [1.807, 2.05) is 24.3 Å². The smallest absolute Gasteiger partial charge is 0.271 e. The highest BCUT2D eigenvalue weighted by Gasteiger charge is 2.08. The van der Waals surface area contributed by atoms with Crippen LogP contribution in [0.15, 0.2) is 75.0 Å². The lowest BCUT2D eigenvalue weighted by atomic mass is 10.3. The van der Waals surface area contributed by atoms with Crippen LogP contribution in [-0.4, -0.2) is 28.6 Å². The summed E-state index contributed by atoms with van der Waals surface area (Å²) in [5, 5.41) is 7.73. The lowest BCUT2D eigenvalue weighted by Gasteiger charge is -2.08. The van der Waals surface area contributed by atoms with Gasteiger partial charge in [-0.1, -0.05) is 33.8 Å². The van der Waals surface area contributed by atoms with Gasteiger partial charge in [-0.05, 0) is 48.5 Å². The molecule has 0 aliphatic carbocycles. The SMILES string of the molecule is COc1ccc(-n2nc(SCC(=O)Nc3cccc(Br)c3)ccc2=O)cc1. The topological polar surface area (TPSA) is 73.2 Å². The second kappa shape index (κ2) is 8.88. The highest BCUT2D eigenvalue weighted by atomic mass is 79.9. The second-order valence-electron chi connectivity index (χ2n) is 5.47. The molecule has 0 saturated heterocycles. The van der Waals surface area contributed by atoms with E-state index in [-0.39, 0.29) is 17.2 Å². The number of methoxy groups -OCH3 is 1. The molecule has 0 radical (unpaired) electrons. The molecule has 3 aromatic rings. The van der Waals surface area contributed by atoms with Gasteiger partial charge in [0.05, 0.1) is 18.6 Å². The van der Waals surface area contributed by atoms with Crippen LogP contribution in [0, 0.1) is 0 Å². The van der Waals surface area contributed by atoms with Gasteiger partial charge in [-0.15, -0.1) is 0 Å². The van der Waals surface area contributed by atoms with Crippen molar-refractivity contribution in [2.45, 2.75) is 5.03 Å². The molecular weight excluding hydrogens is 430 g/mol. The molecule has 0 fully saturated rings. The van der Waals surface area contributed by atoms with Crippen molar-refractivity contribution in [1.82, 2.24) is 9.78 Å². The Labute approximate surface area is 168 Å². The monoisotopic (exact) mass is 445 g/mol. The Bertz CT molecular complexity index is 1010. The summed E-state index contributed by atoms with van der Waals surface area (Å²) in [5.74, 6) is 0.726. The van der Waals surface area contributed by atoms with Gasteiger partial charge in [-0.2, -0.15) is 9.78 Å². The molecule has 1 heterocycles. The van der Waals surface area contributed by atoms with Gasteiger partial charge in [0.1, 0.15) is 10.8 Å². The van der Waals surface area contributed by atoms with Gasteiger partial charge in [-0.3, -0.25) is 9.59 Å². The van der Waals surface area contributed by atoms with Crippen LogP contribution in [-0.2, 0) is 4.79 Å². The van der Waals surface area contributed by atoms with Crippen molar-refractivity contribution >= 4 is 39.3 Å². The number of ether oxygens (including phenoxy) is 1. The predicted octanol–water partition coefficient (Wildman–Crippen LogP) is 3.73. The fourth-order valence-electron chi connectivity index (χ4n) is 2.28. The Morgan fingerprint density at radius 1 is 1.19 bits per heavy atom. The summed E-state index contributed by atoms with van der Waals surface area (Å²) in [4.78, 5) is 24.2. The van der Waals surface area contributed by atoms with Gasteiger partial charge in [0.25, 0.3) is 5.56 Å². The first-order valence-electron chi connectivity index (χ1n) is 7.98. The van der Waals surface area contributed by atoms with Crippen molar-refractivity contribution in [2.24, 2.45) is 0 Å². The molecule has 0 atom stereocenters. The third-order valence-corrected chi connectivity index (χ3v) is 4.97. The van der Waals surface area contributed by atoms with E-state index in [1.165, 1.54) is 22.5 Å². The van der Waals surface area contributed by atoms with Crippen LogP contribution in [0.4, 0.5) is 5.69 Å². The molecule has 8 heteroatoms. The van der Waals surface area contributed by atoms with Crippen LogP contribution in [0.3, 0.4) is 0 Å². The maximum Gasteiger partial charge on any atom is 0.271 e. The second-order valence-corrected chi connectivity index (χ2v) is 7.38. The van der Waals surface area contributed by atoms with Crippen LogP contribution in [0.5, 0.6) is 5.75 Å². The number of rotatable bonds is 6. The number of aromatic nitrogens is 2. The summed E-state index contributed by atoms with van der Waals surface area (Å²) in [7, 11) is 1.58. The highest BCUT2D eigenvalue weighted by molar-refractivity contribution is 9.10. The van der Waals surface area contributed by atoms with E-state index < -0.39 is 0 Å². The number of amides is 1. The summed E-state index contributed by atoms with van der Waals surface area (Å²) >= 11 is 4.62. The Hall–Kier alpha value is -2.58. The van der Waals surface area contributed by atoms with Gasteiger partial charge in [0.2, 0.25) is 5.91 Å². The molecular formula is C19H16BrN3O3S. The predicted molar refractivity (Wildman–Crippen MR) is 110 cm³/mol. The summed E-state index contributed by atoms with van der Waals surface area (Å²) in [6, 6.07) is 17.4. The minimum atomic E-state index is -0.247. The number of nitrogens with one attached hydrogen (secondary N) is 1. The number of carbonyl (C=O) groups excluding carboxylic acids is 1. The molecule has 27 heavy (non-hydrogen) atoms. The number of hydrogen-bond acceptors (Lipinski definition) is 5. The minimum Gasteiger partial charge on any atom is -0.497 e. The van der Waals surface area contributed by atoms with E-state index >= 15 is 0 Å². The highest BCUT2D eigenvalue weighted by Crippen LogP contribution is 2.18. The van der Waals surface area contributed by atoms with E-state index in [2.05, 4.69) is 26.3 Å². The molecule has 0 aliphatic rings. The normalized spacial score (nSPS) is 10.4. The third kappa shape index (κ3) is 5.21. The molecule has 0 bridgehead atoms. The first kappa shape index (κ1) is 19.2. The first-order valence-corrected chi connectivity index (χ1v) is 9.76. The lowest BCUT2D eigenvalue weighted by Crippen LogP contribution is -2.20. The zero-order valence-electron chi connectivity index (χ0n) is 14.4. The fourth-order valence-corrected chi connectivity index (χ4v) is 3.34. The van der Waals surface area contributed by atoms with Crippen molar-refractivity contribution in [3.63, 3.8) is 0 Å². The minimum absolute atomic E-state index is 0.151. The number of nitrogens with zero attached hydrogens (tertiary/aromatic N) is 2. The number of halogens is 1. The number of hydrogen-bond donors (Lipinski definition) is 1. The standard InChI is InChI=1S/C19H16BrN3O3S/c1-26-16-7-5-15(6-8-16)23-19(25)10-9-18(22-23)27-12-17(24)21-14-4-2-3-13(20)11-14/h2-11H,12H2,1H3,(H,21,24). The van der Waals surface area contributed by atoms with Crippen LogP contribution in [0.1, 0.15) is 0 Å².